The summed E-state index contributed by atoms with van der Waals surface area (Å²) in [4.78, 5) is 47.5. The van der Waals surface area contributed by atoms with E-state index in [-0.39, 0.29) is 24.9 Å². The molecule has 1 atom stereocenters. The van der Waals surface area contributed by atoms with Crippen LogP contribution < -0.4 is 22.0 Å². The Labute approximate surface area is 189 Å². The highest BCUT2D eigenvalue weighted by molar-refractivity contribution is 6.07. The molecule has 10 heteroatoms. The summed E-state index contributed by atoms with van der Waals surface area (Å²) in [6, 6.07) is -0.112. The highest BCUT2D eigenvalue weighted by Gasteiger charge is 2.24. The lowest BCUT2D eigenvalue weighted by Gasteiger charge is -2.15. The molecular weight excluding hydrogens is 430 g/mol. The molecule has 3 amide bonds. The molecule has 1 aromatic carbocycles. The van der Waals surface area contributed by atoms with Gasteiger partial charge in [-0.1, -0.05) is 0 Å². The minimum absolute atomic E-state index is 0.0809. The van der Waals surface area contributed by atoms with Gasteiger partial charge in [0.1, 0.15) is 23.0 Å². The molecule has 0 fully saturated rings. The van der Waals surface area contributed by atoms with E-state index in [1.807, 2.05) is 20.8 Å². The van der Waals surface area contributed by atoms with Crippen LogP contribution in [0.1, 0.15) is 40.9 Å². The summed E-state index contributed by atoms with van der Waals surface area (Å²) in [5, 5.41) is 15.7. The van der Waals surface area contributed by atoms with Crippen molar-refractivity contribution < 1.29 is 28.3 Å². The van der Waals surface area contributed by atoms with Crippen molar-refractivity contribution in [3.8, 4) is 0 Å². The number of nitrogens with one attached hydrogen (secondary N) is 2. The van der Waals surface area contributed by atoms with Gasteiger partial charge in [-0.05, 0) is 63.3 Å². The van der Waals surface area contributed by atoms with E-state index in [0.717, 1.165) is 22.3 Å². The minimum atomic E-state index is -1.22. The van der Waals surface area contributed by atoms with E-state index in [1.165, 1.54) is 0 Å². The van der Waals surface area contributed by atoms with E-state index in [9.17, 15) is 24.3 Å². The normalized spacial score (nSPS) is 12.1. The fourth-order valence-corrected chi connectivity index (χ4v) is 4.02. The lowest BCUT2D eigenvalue weighted by atomic mass is 9.98. The van der Waals surface area contributed by atoms with Crippen LogP contribution in [0.25, 0.3) is 21.9 Å². The van der Waals surface area contributed by atoms with Crippen molar-refractivity contribution in [3.05, 3.63) is 44.5 Å². The molecule has 2 aromatic heterocycles. The van der Waals surface area contributed by atoms with Crippen LogP contribution in [-0.2, 0) is 16.0 Å². The van der Waals surface area contributed by atoms with Crippen LogP contribution in [0.5, 0.6) is 0 Å². The maximum Gasteiger partial charge on any atom is 0.340 e. The number of fused-ring (bicyclic) bond motifs is 3. The number of carboxylic acids is 1. The number of benzene rings is 1. The van der Waals surface area contributed by atoms with Gasteiger partial charge >= 0.3 is 17.6 Å². The van der Waals surface area contributed by atoms with Crippen molar-refractivity contribution in [1.29, 1.82) is 0 Å². The lowest BCUT2D eigenvalue weighted by molar-refractivity contribution is -0.141. The van der Waals surface area contributed by atoms with Gasteiger partial charge in [-0.3, -0.25) is 4.79 Å². The molecule has 0 saturated carbocycles. The van der Waals surface area contributed by atoms with Crippen LogP contribution in [0.3, 0.4) is 0 Å². The molecule has 2 heterocycles. The molecule has 5 N–H and O–H groups in total. The third-order valence-electron chi connectivity index (χ3n) is 5.82. The number of aryl methyl sites for hydroxylation is 4. The van der Waals surface area contributed by atoms with Crippen LogP contribution >= 0.6 is 0 Å². The Kier molecular flexibility index (Phi) is 6.75. The van der Waals surface area contributed by atoms with Crippen molar-refractivity contribution >= 4 is 39.8 Å². The van der Waals surface area contributed by atoms with Crippen LogP contribution in [0.2, 0.25) is 0 Å². The first-order valence-corrected chi connectivity index (χ1v) is 10.5. The predicted molar refractivity (Wildman–Crippen MR) is 121 cm³/mol. The number of urea groups is 1. The molecule has 0 aliphatic carbocycles. The second-order valence-corrected chi connectivity index (χ2v) is 8.12. The van der Waals surface area contributed by atoms with E-state index < -0.39 is 29.6 Å². The maximum atomic E-state index is 12.7. The molecule has 0 bridgehead atoms. The summed E-state index contributed by atoms with van der Waals surface area (Å²) in [6.45, 7) is 7.61. The third-order valence-corrected chi connectivity index (χ3v) is 5.82. The molecule has 0 saturated heterocycles. The van der Waals surface area contributed by atoms with E-state index in [4.69, 9.17) is 14.6 Å². The van der Waals surface area contributed by atoms with Gasteiger partial charge in [0.25, 0.3) is 0 Å². The number of carbonyl (C=O) groups excluding carboxylic acids is 2. The molecule has 0 aliphatic heterocycles. The second kappa shape index (κ2) is 9.35. The zero-order chi connectivity index (χ0) is 24.4. The molecule has 10 nitrogen and oxygen atoms in total. The average molecular weight is 457 g/mol. The summed E-state index contributed by atoms with van der Waals surface area (Å²) >= 11 is 0. The Hall–Kier alpha value is -3.82. The van der Waals surface area contributed by atoms with Crippen molar-refractivity contribution in [1.82, 2.24) is 10.6 Å². The number of furan rings is 1. The van der Waals surface area contributed by atoms with Crippen molar-refractivity contribution in [2.24, 2.45) is 5.73 Å². The molecular formula is C23H27N3O7. The first-order valence-electron chi connectivity index (χ1n) is 10.5. The molecule has 0 radical (unpaired) electrons. The zero-order valence-corrected chi connectivity index (χ0v) is 19.0. The Bertz CT molecular complexity index is 1320. The van der Waals surface area contributed by atoms with Crippen molar-refractivity contribution in [3.63, 3.8) is 0 Å². The number of primary amides is 1. The number of carbonyl (C=O) groups is 3. The van der Waals surface area contributed by atoms with Gasteiger partial charge in [-0.25, -0.2) is 14.4 Å². The number of rotatable bonds is 8. The summed E-state index contributed by atoms with van der Waals surface area (Å²) in [5.41, 5.74) is 7.86. The van der Waals surface area contributed by atoms with Crippen LogP contribution in [0.15, 0.2) is 19.7 Å². The van der Waals surface area contributed by atoms with Gasteiger partial charge in [-0.15, -0.1) is 0 Å². The maximum absolute atomic E-state index is 12.7. The smallest absolute Gasteiger partial charge is 0.340 e. The molecule has 3 rings (SSSR count). The summed E-state index contributed by atoms with van der Waals surface area (Å²) in [5.74, 6) is -1.10. The van der Waals surface area contributed by atoms with Crippen LogP contribution in [-0.4, -0.2) is 35.6 Å². The Balaban J connectivity index is 1.90. The largest absolute Gasteiger partial charge is 0.480 e. The average Bonchev–Trinajstić information content (AvgIpc) is 3.01. The topological polar surface area (TPSA) is 165 Å². The first kappa shape index (κ1) is 23.8. The van der Waals surface area contributed by atoms with Crippen LogP contribution in [0.4, 0.5) is 4.79 Å². The van der Waals surface area contributed by atoms with E-state index >= 15 is 0 Å². The number of amides is 3. The minimum Gasteiger partial charge on any atom is -0.480 e. The summed E-state index contributed by atoms with van der Waals surface area (Å²) in [7, 11) is 0. The number of nitrogens with two attached hydrogens (primary N) is 1. The van der Waals surface area contributed by atoms with Gasteiger partial charge in [0, 0.05) is 11.9 Å². The van der Waals surface area contributed by atoms with Gasteiger partial charge in [0.05, 0.1) is 17.4 Å². The molecule has 0 aliphatic rings. The molecule has 33 heavy (non-hydrogen) atoms. The van der Waals surface area contributed by atoms with E-state index in [1.54, 1.807) is 13.0 Å². The summed E-state index contributed by atoms with van der Waals surface area (Å²) < 4.78 is 11.5. The van der Waals surface area contributed by atoms with Gasteiger partial charge in [0.2, 0.25) is 5.91 Å². The first-order chi connectivity index (χ1) is 15.5. The monoisotopic (exact) mass is 457 g/mol. The van der Waals surface area contributed by atoms with Crippen molar-refractivity contribution in [2.45, 2.75) is 53.0 Å². The highest BCUT2D eigenvalue weighted by atomic mass is 16.4. The fourth-order valence-electron chi connectivity index (χ4n) is 4.02. The quantitative estimate of drug-likeness (QED) is 0.298. The van der Waals surface area contributed by atoms with E-state index in [0.29, 0.717) is 28.5 Å². The van der Waals surface area contributed by atoms with Crippen molar-refractivity contribution in [2.75, 3.05) is 6.54 Å². The second-order valence-electron chi connectivity index (χ2n) is 8.12. The highest BCUT2D eigenvalue weighted by Crippen LogP contribution is 2.36. The van der Waals surface area contributed by atoms with Gasteiger partial charge in [-0.2, -0.15) is 0 Å². The Morgan fingerprint density at radius 2 is 1.79 bits per heavy atom. The number of hydrogen-bond donors (Lipinski definition) is 4. The molecule has 0 spiro atoms. The molecule has 176 valence electrons. The number of aliphatic carboxylic acids is 1. The molecule has 0 unspecified atom stereocenters. The summed E-state index contributed by atoms with van der Waals surface area (Å²) in [6.07, 6.45) is 0.0326. The fraction of sp³-hybridized carbons (Fsp3) is 0.391. The zero-order valence-electron chi connectivity index (χ0n) is 19.0. The third kappa shape index (κ3) is 4.84. The Morgan fingerprint density at radius 1 is 1.09 bits per heavy atom. The van der Waals surface area contributed by atoms with Gasteiger partial charge in [0.15, 0.2) is 0 Å². The number of carboxylic acid groups (broad SMARTS) is 1. The Morgan fingerprint density at radius 3 is 2.42 bits per heavy atom. The standard InChI is InChI=1S/C23H27N3O7/c1-10-8-16-19(20-18(10)11(2)13(4)32-20)12(3)14(22(30)33-16)9-17(27)26-15(21(28)29)6-5-7-25-23(24)31/h8,15H,5-7,9H2,1-4H3,(H,26,27)(H,28,29)(H3,24,25,31)/t15-/m0/s1. The molecule has 3 aromatic rings. The van der Waals surface area contributed by atoms with Gasteiger partial charge < -0.3 is 30.3 Å². The SMILES string of the molecule is Cc1oc2c(c(C)cc3oc(=O)c(CC(=O)N[C@@H](CCCNC(N)=O)C(=O)O)c(C)c32)c1C. The predicted octanol–water partition coefficient (Wildman–Crippen LogP) is 2.33. The number of hydrogen-bond acceptors (Lipinski definition) is 6. The van der Waals surface area contributed by atoms with E-state index in [2.05, 4.69) is 10.6 Å². The lowest BCUT2D eigenvalue weighted by Crippen LogP contribution is -2.42. The van der Waals surface area contributed by atoms with Crippen LogP contribution in [0, 0.1) is 27.7 Å².